The fourth-order valence-electron chi connectivity index (χ4n) is 4.14. The van der Waals surface area contributed by atoms with E-state index in [-0.39, 0.29) is 18.4 Å². The molecule has 2 N–H and O–H groups in total. The van der Waals surface area contributed by atoms with E-state index in [0.29, 0.717) is 17.7 Å². The number of nitrogens with zero attached hydrogens (tertiary/aromatic N) is 1. The third-order valence-electron chi connectivity index (χ3n) is 6.13. The van der Waals surface area contributed by atoms with Crippen molar-refractivity contribution in [3.05, 3.63) is 143 Å². The summed E-state index contributed by atoms with van der Waals surface area (Å²) in [5.74, 6) is -0.468. The lowest BCUT2D eigenvalue weighted by Gasteiger charge is -2.25. The predicted molar refractivity (Wildman–Crippen MR) is 146 cm³/mol. The van der Waals surface area contributed by atoms with Crippen LogP contribution in [-0.2, 0) is 6.42 Å². The van der Waals surface area contributed by atoms with E-state index >= 15 is 0 Å². The van der Waals surface area contributed by atoms with Gasteiger partial charge in [-0.3, -0.25) is 4.79 Å². The van der Waals surface area contributed by atoms with Gasteiger partial charge in [-0.1, -0.05) is 115 Å². The number of aliphatic hydroxyl groups excluding tert-OH is 1. The molecule has 0 radical (unpaired) electrons. The quantitative estimate of drug-likeness (QED) is 0.271. The SMILES string of the molecule is [C-]#[N+]c1cccc(CC(CO)C(/C=C/c2ccccc2)NC(=O)c2ccc(-c3ccccc3)cc2)c1. The lowest BCUT2D eigenvalue weighted by Crippen LogP contribution is -2.41. The minimum atomic E-state index is -0.409. The van der Waals surface area contributed by atoms with E-state index in [4.69, 9.17) is 6.57 Å². The monoisotopic (exact) mass is 472 g/mol. The van der Waals surface area contributed by atoms with Gasteiger partial charge < -0.3 is 10.4 Å². The Morgan fingerprint density at radius 2 is 1.53 bits per heavy atom. The van der Waals surface area contributed by atoms with Crippen molar-refractivity contribution in [1.82, 2.24) is 5.32 Å². The second-order valence-corrected chi connectivity index (χ2v) is 8.64. The molecule has 4 heteroatoms. The first-order valence-electron chi connectivity index (χ1n) is 11.9. The number of benzene rings is 4. The molecule has 0 aliphatic carbocycles. The number of carbonyl (C=O) groups is 1. The molecule has 2 atom stereocenters. The Morgan fingerprint density at radius 3 is 2.19 bits per heavy atom. The molecule has 178 valence electrons. The first-order valence-corrected chi connectivity index (χ1v) is 11.9. The molecule has 0 saturated heterocycles. The maximum atomic E-state index is 13.2. The highest BCUT2D eigenvalue weighted by molar-refractivity contribution is 5.95. The van der Waals surface area contributed by atoms with Crippen LogP contribution in [0.1, 0.15) is 21.5 Å². The summed E-state index contributed by atoms with van der Waals surface area (Å²) in [4.78, 5) is 16.7. The molecule has 0 aromatic heterocycles. The van der Waals surface area contributed by atoms with E-state index < -0.39 is 6.04 Å². The highest BCUT2D eigenvalue weighted by Crippen LogP contribution is 2.22. The predicted octanol–water partition coefficient (Wildman–Crippen LogP) is 6.57. The Morgan fingerprint density at radius 1 is 0.861 bits per heavy atom. The van der Waals surface area contributed by atoms with Gasteiger partial charge in [-0.25, -0.2) is 4.85 Å². The molecule has 0 spiro atoms. The van der Waals surface area contributed by atoms with Crippen LogP contribution in [0.25, 0.3) is 22.0 Å². The summed E-state index contributed by atoms with van der Waals surface area (Å²) >= 11 is 0. The summed E-state index contributed by atoms with van der Waals surface area (Å²) < 4.78 is 0. The lowest BCUT2D eigenvalue weighted by molar-refractivity contribution is 0.0921. The molecule has 0 saturated carbocycles. The number of aliphatic hydroxyl groups is 1. The molecule has 4 aromatic rings. The minimum Gasteiger partial charge on any atom is -0.396 e. The molecule has 4 aromatic carbocycles. The molecule has 0 aliphatic rings. The van der Waals surface area contributed by atoms with Crippen LogP contribution >= 0.6 is 0 Å². The van der Waals surface area contributed by atoms with Crippen LogP contribution in [-0.4, -0.2) is 23.7 Å². The van der Waals surface area contributed by atoms with E-state index in [0.717, 1.165) is 22.3 Å². The molecule has 0 heterocycles. The summed E-state index contributed by atoms with van der Waals surface area (Å²) in [6, 6.07) is 34.4. The van der Waals surface area contributed by atoms with Gasteiger partial charge in [0.15, 0.2) is 5.69 Å². The number of amides is 1. The van der Waals surface area contributed by atoms with Crippen molar-refractivity contribution in [3.63, 3.8) is 0 Å². The van der Waals surface area contributed by atoms with E-state index in [1.165, 1.54) is 0 Å². The average Bonchev–Trinajstić information content (AvgIpc) is 2.95. The van der Waals surface area contributed by atoms with Crippen LogP contribution in [0.2, 0.25) is 0 Å². The van der Waals surface area contributed by atoms with Gasteiger partial charge in [-0.15, -0.1) is 0 Å². The summed E-state index contributed by atoms with van der Waals surface area (Å²) in [5, 5.41) is 13.4. The third-order valence-corrected chi connectivity index (χ3v) is 6.13. The molecule has 4 rings (SSSR count). The fraction of sp³-hybridized carbons (Fsp3) is 0.125. The van der Waals surface area contributed by atoms with Crippen molar-refractivity contribution < 1.29 is 9.90 Å². The maximum absolute atomic E-state index is 13.2. The van der Waals surface area contributed by atoms with Crippen molar-refractivity contribution in [1.29, 1.82) is 0 Å². The van der Waals surface area contributed by atoms with Gasteiger partial charge in [0.05, 0.1) is 12.6 Å². The Kier molecular flexibility index (Phi) is 8.43. The Bertz CT molecular complexity index is 1340. The van der Waals surface area contributed by atoms with Gasteiger partial charge in [0.25, 0.3) is 5.91 Å². The van der Waals surface area contributed by atoms with Crippen LogP contribution in [0.5, 0.6) is 0 Å². The van der Waals surface area contributed by atoms with Crippen LogP contribution < -0.4 is 5.32 Å². The third kappa shape index (κ3) is 6.56. The first kappa shape index (κ1) is 24.7. The summed E-state index contributed by atoms with van der Waals surface area (Å²) in [7, 11) is 0. The highest BCUT2D eigenvalue weighted by Gasteiger charge is 2.22. The minimum absolute atomic E-state index is 0.112. The normalized spacial score (nSPS) is 12.6. The molecule has 1 amide bonds. The summed E-state index contributed by atoms with van der Waals surface area (Å²) in [5.41, 5.74) is 5.20. The standard InChI is InChI=1S/C32H28N2O2/c1-33-30-14-8-11-25(22-30)21-29(23-35)31(20-15-24-9-4-2-5-10-24)34-32(36)28-18-16-27(17-19-28)26-12-6-3-7-13-26/h2-20,22,29,31,35H,21,23H2,(H,34,36)/b20-15+. The number of hydrogen-bond acceptors (Lipinski definition) is 2. The van der Waals surface area contributed by atoms with Gasteiger partial charge in [0, 0.05) is 18.1 Å². The Balaban J connectivity index is 1.56. The molecule has 0 aliphatic heterocycles. The van der Waals surface area contributed by atoms with Crippen LogP contribution in [0.4, 0.5) is 5.69 Å². The molecule has 0 fully saturated rings. The Hall–Kier alpha value is -4.46. The molecular formula is C32H28N2O2. The number of rotatable bonds is 9. The molecule has 2 unspecified atom stereocenters. The lowest BCUT2D eigenvalue weighted by atomic mass is 9.91. The van der Waals surface area contributed by atoms with Gasteiger partial charge in [-0.05, 0) is 35.2 Å². The number of carbonyl (C=O) groups excluding carboxylic acids is 1. The smallest absolute Gasteiger partial charge is 0.251 e. The first-order chi connectivity index (χ1) is 17.7. The van der Waals surface area contributed by atoms with E-state index in [1.54, 1.807) is 6.07 Å². The highest BCUT2D eigenvalue weighted by atomic mass is 16.3. The zero-order chi connectivity index (χ0) is 25.2. The van der Waals surface area contributed by atoms with Crippen LogP contribution in [0, 0.1) is 12.5 Å². The summed E-state index contributed by atoms with van der Waals surface area (Å²) in [6.45, 7) is 7.17. The van der Waals surface area contributed by atoms with Crippen molar-refractivity contribution in [3.8, 4) is 11.1 Å². The number of nitrogens with one attached hydrogen (secondary N) is 1. The van der Waals surface area contributed by atoms with Gasteiger partial charge in [-0.2, -0.15) is 0 Å². The maximum Gasteiger partial charge on any atom is 0.251 e. The van der Waals surface area contributed by atoms with Crippen molar-refractivity contribution in [2.75, 3.05) is 6.61 Å². The van der Waals surface area contributed by atoms with E-state index in [9.17, 15) is 9.90 Å². The fourth-order valence-corrected chi connectivity index (χ4v) is 4.14. The second kappa shape index (κ2) is 12.3. The Labute approximate surface area is 212 Å². The van der Waals surface area contributed by atoms with Gasteiger partial charge in [0.1, 0.15) is 0 Å². The van der Waals surface area contributed by atoms with E-state index in [2.05, 4.69) is 10.2 Å². The number of hydrogen-bond donors (Lipinski definition) is 2. The van der Waals surface area contributed by atoms with Gasteiger partial charge in [0.2, 0.25) is 0 Å². The van der Waals surface area contributed by atoms with Gasteiger partial charge >= 0.3 is 0 Å². The van der Waals surface area contributed by atoms with Crippen LogP contribution in [0.3, 0.4) is 0 Å². The van der Waals surface area contributed by atoms with E-state index in [1.807, 2.05) is 115 Å². The molecular weight excluding hydrogens is 444 g/mol. The molecule has 4 nitrogen and oxygen atoms in total. The molecule has 36 heavy (non-hydrogen) atoms. The largest absolute Gasteiger partial charge is 0.396 e. The van der Waals surface area contributed by atoms with Crippen molar-refractivity contribution in [2.45, 2.75) is 12.5 Å². The zero-order valence-electron chi connectivity index (χ0n) is 19.9. The zero-order valence-corrected chi connectivity index (χ0v) is 19.9. The van der Waals surface area contributed by atoms with Crippen molar-refractivity contribution in [2.24, 2.45) is 5.92 Å². The topological polar surface area (TPSA) is 53.7 Å². The van der Waals surface area contributed by atoms with Crippen LogP contribution in [0.15, 0.2) is 115 Å². The second-order valence-electron chi connectivity index (χ2n) is 8.64. The van der Waals surface area contributed by atoms with Crippen molar-refractivity contribution >= 4 is 17.7 Å². The molecule has 0 bridgehead atoms. The summed E-state index contributed by atoms with van der Waals surface area (Å²) in [6.07, 6.45) is 4.42. The average molecular weight is 473 g/mol.